The van der Waals surface area contributed by atoms with E-state index in [9.17, 15) is 8.42 Å². The third-order valence-electron chi connectivity index (χ3n) is 2.92. The van der Waals surface area contributed by atoms with Crippen LogP contribution in [0.2, 0.25) is 0 Å². The molecule has 0 fully saturated rings. The Hall–Kier alpha value is -1.86. The molecule has 0 unspecified atom stereocenters. The number of aryl methyl sites for hydroxylation is 1. The van der Waals surface area contributed by atoms with Gasteiger partial charge in [-0.2, -0.15) is 5.10 Å². The van der Waals surface area contributed by atoms with E-state index < -0.39 is 10.0 Å². The van der Waals surface area contributed by atoms with Crippen molar-refractivity contribution in [2.45, 2.75) is 31.3 Å². The standard InChI is InChI=1S/C14H20N4O2S/c1-11(2)15-10-12-6-4-5-7-13(12)21(19,20)17-14-8-9-18(3)16-14/h4-9,11,15H,10H2,1-3H3,(H,16,17). The number of aromatic nitrogens is 2. The summed E-state index contributed by atoms with van der Waals surface area (Å²) in [6.45, 7) is 4.53. The molecule has 0 aliphatic heterocycles. The van der Waals surface area contributed by atoms with Crippen molar-refractivity contribution in [1.29, 1.82) is 0 Å². The predicted octanol–water partition coefficient (Wildman–Crippen LogP) is 1.72. The Balaban J connectivity index is 2.27. The Bertz CT molecular complexity index is 707. The highest BCUT2D eigenvalue weighted by Gasteiger charge is 2.19. The van der Waals surface area contributed by atoms with Crippen LogP contribution in [0, 0.1) is 0 Å². The first-order chi connectivity index (χ1) is 9.88. The molecule has 0 bridgehead atoms. The minimum absolute atomic E-state index is 0.267. The summed E-state index contributed by atoms with van der Waals surface area (Å²) in [6, 6.07) is 8.85. The quantitative estimate of drug-likeness (QED) is 0.852. The summed E-state index contributed by atoms with van der Waals surface area (Å²) in [5.41, 5.74) is 0.731. The summed E-state index contributed by atoms with van der Waals surface area (Å²) in [5.74, 6) is 0.309. The van der Waals surface area contributed by atoms with Crippen LogP contribution in [0.5, 0.6) is 0 Å². The summed E-state index contributed by atoms with van der Waals surface area (Å²) >= 11 is 0. The van der Waals surface area contributed by atoms with E-state index in [1.54, 1.807) is 36.1 Å². The Kier molecular flexibility index (Phi) is 4.64. The number of benzene rings is 1. The second kappa shape index (κ2) is 6.28. The van der Waals surface area contributed by atoms with Crippen LogP contribution in [-0.2, 0) is 23.6 Å². The van der Waals surface area contributed by atoms with Gasteiger partial charge in [0, 0.05) is 31.9 Å². The molecule has 1 aromatic carbocycles. The lowest BCUT2D eigenvalue weighted by Gasteiger charge is -2.13. The first-order valence-corrected chi connectivity index (χ1v) is 8.20. The van der Waals surface area contributed by atoms with Gasteiger partial charge in [-0.15, -0.1) is 0 Å². The van der Waals surface area contributed by atoms with E-state index in [0.717, 1.165) is 5.56 Å². The van der Waals surface area contributed by atoms with Crippen LogP contribution in [0.4, 0.5) is 5.82 Å². The molecule has 0 saturated heterocycles. The van der Waals surface area contributed by atoms with Crippen molar-refractivity contribution in [3.8, 4) is 0 Å². The fraction of sp³-hybridized carbons (Fsp3) is 0.357. The van der Waals surface area contributed by atoms with Gasteiger partial charge in [0.05, 0.1) is 4.90 Å². The molecule has 0 saturated carbocycles. The maximum Gasteiger partial charge on any atom is 0.263 e. The number of anilines is 1. The molecule has 114 valence electrons. The maximum atomic E-state index is 12.5. The van der Waals surface area contributed by atoms with E-state index in [0.29, 0.717) is 12.4 Å². The van der Waals surface area contributed by atoms with Crippen molar-refractivity contribution < 1.29 is 8.42 Å². The minimum atomic E-state index is -3.64. The van der Waals surface area contributed by atoms with Gasteiger partial charge >= 0.3 is 0 Å². The molecule has 0 aliphatic carbocycles. The lowest BCUT2D eigenvalue weighted by molar-refractivity contribution is 0.576. The number of rotatable bonds is 6. The number of nitrogens with one attached hydrogen (secondary N) is 2. The Morgan fingerprint density at radius 1 is 1.24 bits per heavy atom. The summed E-state index contributed by atoms with van der Waals surface area (Å²) in [4.78, 5) is 0.267. The van der Waals surface area contributed by atoms with Gasteiger partial charge in [-0.25, -0.2) is 8.42 Å². The van der Waals surface area contributed by atoms with Gasteiger partial charge in [-0.05, 0) is 11.6 Å². The fourth-order valence-corrected chi connectivity index (χ4v) is 3.13. The third-order valence-corrected chi connectivity index (χ3v) is 4.37. The first kappa shape index (κ1) is 15.5. The maximum absolute atomic E-state index is 12.5. The van der Waals surface area contributed by atoms with Crippen LogP contribution < -0.4 is 10.0 Å². The second-order valence-electron chi connectivity index (χ2n) is 5.12. The summed E-state index contributed by atoms with van der Waals surface area (Å²) in [6.07, 6.45) is 1.68. The van der Waals surface area contributed by atoms with E-state index in [4.69, 9.17) is 0 Å². The minimum Gasteiger partial charge on any atom is -0.310 e. The molecule has 2 rings (SSSR count). The number of nitrogens with zero attached hydrogens (tertiary/aromatic N) is 2. The molecule has 6 nitrogen and oxygen atoms in total. The van der Waals surface area contributed by atoms with Crippen molar-refractivity contribution in [1.82, 2.24) is 15.1 Å². The van der Waals surface area contributed by atoms with Crippen molar-refractivity contribution >= 4 is 15.8 Å². The van der Waals surface area contributed by atoms with E-state index in [-0.39, 0.29) is 10.9 Å². The molecule has 0 spiro atoms. The molecule has 1 heterocycles. The lowest BCUT2D eigenvalue weighted by Crippen LogP contribution is -2.24. The van der Waals surface area contributed by atoms with Gasteiger partial charge in [0.25, 0.3) is 10.0 Å². The molecule has 2 aromatic rings. The summed E-state index contributed by atoms with van der Waals surface area (Å²) in [5, 5.41) is 7.27. The van der Waals surface area contributed by atoms with Gasteiger partial charge in [0.15, 0.2) is 5.82 Å². The monoisotopic (exact) mass is 308 g/mol. The predicted molar refractivity (Wildman–Crippen MR) is 82.4 cm³/mol. The molecular weight excluding hydrogens is 288 g/mol. The van der Waals surface area contributed by atoms with Crippen molar-refractivity contribution in [3.63, 3.8) is 0 Å². The molecule has 7 heteroatoms. The molecule has 21 heavy (non-hydrogen) atoms. The molecule has 1 aromatic heterocycles. The molecular formula is C14H20N4O2S. The van der Waals surface area contributed by atoms with Crippen LogP contribution in [-0.4, -0.2) is 24.2 Å². The smallest absolute Gasteiger partial charge is 0.263 e. The normalized spacial score (nSPS) is 11.8. The zero-order valence-corrected chi connectivity index (χ0v) is 13.2. The van der Waals surface area contributed by atoms with E-state index >= 15 is 0 Å². The van der Waals surface area contributed by atoms with Crippen LogP contribution in [0.3, 0.4) is 0 Å². The first-order valence-electron chi connectivity index (χ1n) is 6.72. The highest BCUT2D eigenvalue weighted by Crippen LogP contribution is 2.18. The van der Waals surface area contributed by atoms with Crippen molar-refractivity contribution in [2.75, 3.05) is 4.72 Å². The third kappa shape index (κ3) is 4.05. The van der Waals surface area contributed by atoms with Crippen molar-refractivity contribution in [2.24, 2.45) is 7.05 Å². The summed E-state index contributed by atoms with van der Waals surface area (Å²) in [7, 11) is -1.91. The average molecular weight is 308 g/mol. The van der Waals surface area contributed by atoms with Crippen LogP contribution in [0.1, 0.15) is 19.4 Å². The SMILES string of the molecule is CC(C)NCc1ccccc1S(=O)(=O)Nc1ccn(C)n1. The zero-order chi connectivity index (χ0) is 15.5. The molecule has 0 aliphatic rings. The molecule has 0 atom stereocenters. The van der Waals surface area contributed by atoms with Crippen LogP contribution in [0.25, 0.3) is 0 Å². The number of hydrogen-bond acceptors (Lipinski definition) is 4. The molecule has 0 radical (unpaired) electrons. The summed E-state index contributed by atoms with van der Waals surface area (Å²) < 4.78 is 29.0. The van der Waals surface area contributed by atoms with E-state index in [1.165, 1.54) is 0 Å². The lowest BCUT2D eigenvalue weighted by atomic mass is 10.2. The van der Waals surface area contributed by atoms with Gasteiger partial charge in [0.2, 0.25) is 0 Å². The second-order valence-corrected chi connectivity index (χ2v) is 6.77. The van der Waals surface area contributed by atoms with Gasteiger partial charge < -0.3 is 5.32 Å². The van der Waals surface area contributed by atoms with Gasteiger partial charge in [-0.3, -0.25) is 9.40 Å². The van der Waals surface area contributed by atoms with E-state index in [1.807, 2.05) is 26.0 Å². The van der Waals surface area contributed by atoms with Crippen LogP contribution in [0.15, 0.2) is 41.4 Å². The zero-order valence-electron chi connectivity index (χ0n) is 12.4. The van der Waals surface area contributed by atoms with Gasteiger partial charge in [0.1, 0.15) is 0 Å². The van der Waals surface area contributed by atoms with E-state index in [2.05, 4.69) is 15.1 Å². The Morgan fingerprint density at radius 2 is 1.95 bits per heavy atom. The highest BCUT2D eigenvalue weighted by molar-refractivity contribution is 7.92. The Labute approximate surface area is 125 Å². The van der Waals surface area contributed by atoms with Gasteiger partial charge in [-0.1, -0.05) is 32.0 Å². The molecule has 2 N–H and O–H groups in total. The molecule has 0 amide bonds. The largest absolute Gasteiger partial charge is 0.310 e. The Morgan fingerprint density at radius 3 is 2.57 bits per heavy atom. The number of sulfonamides is 1. The fourth-order valence-electron chi connectivity index (χ4n) is 1.89. The van der Waals surface area contributed by atoms with Crippen LogP contribution >= 0.6 is 0 Å². The van der Waals surface area contributed by atoms with Crippen molar-refractivity contribution in [3.05, 3.63) is 42.1 Å². The number of hydrogen-bond donors (Lipinski definition) is 2. The topological polar surface area (TPSA) is 76.0 Å². The average Bonchev–Trinajstić information content (AvgIpc) is 2.81. The highest BCUT2D eigenvalue weighted by atomic mass is 32.2.